The lowest BCUT2D eigenvalue weighted by molar-refractivity contribution is 0.474. The minimum Gasteiger partial charge on any atom is -0.508 e. The maximum atomic E-state index is 9.28. The van der Waals surface area contributed by atoms with Gasteiger partial charge in [-0.05, 0) is 55.5 Å². The lowest BCUT2D eigenvalue weighted by Gasteiger charge is -2.14. The molecule has 0 saturated heterocycles. The molecule has 3 N–H and O–H groups in total. The molecule has 0 aliphatic heterocycles. The highest BCUT2D eigenvalue weighted by Crippen LogP contribution is 2.26. The Labute approximate surface area is 85.8 Å². The minimum atomic E-state index is 0.345. The smallest absolute Gasteiger partial charge is 0.115 e. The van der Waals surface area contributed by atoms with Gasteiger partial charge in [-0.3, -0.25) is 0 Å². The first-order chi connectivity index (χ1) is 6.65. The van der Waals surface area contributed by atoms with E-state index in [1.807, 2.05) is 19.1 Å². The second kappa shape index (κ2) is 5.01. The zero-order valence-electron chi connectivity index (χ0n) is 8.96. The molecule has 1 aromatic rings. The van der Waals surface area contributed by atoms with Crippen LogP contribution in [0.5, 0.6) is 5.75 Å². The average Bonchev–Trinajstić information content (AvgIpc) is 2.14. The summed E-state index contributed by atoms with van der Waals surface area (Å²) < 4.78 is 0. The van der Waals surface area contributed by atoms with Crippen molar-refractivity contribution in [2.45, 2.75) is 32.6 Å². The molecule has 0 heterocycles. The van der Waals surface area contributed by atoms with Gasteiger partial charge in [0.1, 0.15) is 5.75 Å². The van der Waals surface area contributed by atoms with Crippen LogP contribution in [0.25, 0.3) is 0 Å². The Hall–Kier alpha value is -1.02. The molecule has 0 saturated carbocycles. The van der Waals surface area contributed by atoms with E-state index in [1.165, 1.54) is 5.56 Å². The first-order valence-electron chi connectivity index (χ1n) is 5.14. The Morgan fingerprint density at radius 3 is 2.71 bits per heavy atom. The highest BCUT2D eigenvalue weighted by atomic mass is 16.3. The van der Waals surface area contributed by atoms with Gasteiger partial charge in [-0.2, -0.15) is 0 Å². The van der Waals surface area contributed by atoms with Crippen LogP contribution in [0.3, 0.4) is 0 Å². The molecule has 0 amide bonds. The molecule has 1 aromatic carbocycles. The first kappa shape index (κ1) is 11.1. The van der Waals surface area contributed by atoms with E-state index in [9.17, 15) is 5.11 Å². The number of hydrogen-bond acceptors (Lipinski definition) is 2. The van der Waals surface area contributed by atoms with Gasteiger partial charge in [0.2, 0.25) is 0 Å². The third-order valence-electron chi connectivity index (χ3n) is 2.63. The van der Waals surface area contributed by atoms with E-state index < -0.39 is 0 Å². The minimum absolute atomic E-state index is 0.345. The van der Waals surface area contributed by atoms with E-state index in [-0.39, 0.29) is 0 Å². The summed E-state index contributed by atoms with van der Waals surface area (Å²) in [7, 11) is 0. The van der Waals surface area contributed by atoms with Gasteiger partial charge in [0.15, 0.2) is 0 Å². The van der Waals surface area contributed by atoms with Crippen LogP contribution < -0.4 is 5.73 Å². The van der Waals surface area contributed by atoms with E-state index in [0.717, 1.165) is 24.9 Å². The molecule has 78 valence electrons. The van der Waals surface area contributed by atoms with Crippen molar-refractivity contribution >= 4 is 0 Å². The van der Waals surface area contributed by atoms with Crippen molar-refractivity contribution in [3.63, 3.8) is 0 Å². The van der Waals surface area contributed by atoms with Crippen molar-refractivity contribution in [2.24, 2.45) is 5.73 Å². The van der Waals surface area contributed by atoms with Crippen LogP contribution in [0, 0.1) is 6.92 Å². The number of aryl methyl sites for hydroxylation is 1. The monoisotopic (exact) mass is 193 g/mol. The fraction of sp³-hybridized carbons (Fsp3) is 0.500. The molecule has 0 aromatic heterocycles. The van der Waals surface area contributed by atoms with E-state index in [4.69, 9.17) is 5.73 Å². The summed E-state index contributed by atoms with van der Waals surface area (Å²) in [6.45, 7) is 4.99. The van der Waals surface area contributed by atoms with Crippen molar-refractivity contribution < 1.29 is 5.11 Å². The van der Waals surface area contributed by atoms with Crippen LogP contribution in [0.1, 0.15) is 36.8 Å². The van der Waals surface area contributed by atoms with E-state index in [0.29, 0.717) is 11.7 Å². The van der Waals surface area contributed by atoms with E-state index in [2.05, 4.69) is 6.92 Å². The van der Waals surface area contributed by atoms with Crippen LogP contribution >= 0.6 is 0 Å². The summed E-state index contributed by atoms with van der Waals surface area (Å²) in [4.78, 5) is 0. The third kappa shape index (κ3) is 2.74. The SMILES string of the molecule is Cc1cc(O)ccc1C(C)CCCN. The average molecular weight is 193 g/mol. The van der Waals surface area contributed by atoms with Crippen LogP contribution in [-0.2, 0) is 0 Å². The van der Waals surface area contributed by atoms with Gasteiger partial charge >= 0.3 is 0 Å². The van der Waals surface area contributed by atoms with Crippen molar-refractivity contribution in [2.75, 3.05) is 6.54 Å². The molecule has 1 rings (SSSR count). The molecule has 2 nitrogen and oxygen atoms in total. The Morgan fingerprint density at radius 2 is 2.14 bits per heavy atom. The quantitative estimate of drug-likeness (QED) is 0.772. The zero-order valence-corrected chi connectivity index (χ0v) is 8.96. The maximum absolute atomic E-state index is 9.28. The van der Waals surface area contributed by atoms with Gasteiger partial charge < -0.3 is 10.8 Å². The van der Waals surface area contributed by atoms with Crippen LogP contribution in [0.4, 0.5) is 0 Å². The van der Waals surface area contributed by atoms with E-state index in [1.54, 1.807) is 6.07 Å². The lowest BCUT2D eigenvalue weighted by Crippen LogP contribution is -2.02. The van der Waals surface area contributed by atoms with Crippen LogP contribution in [-0.4, -0.2) is 11.7 Å². The number of phenols is 1. The van der Waals surface area contributed by atoms with Crippen LogP contribution in [0.2, 0.25) is 0 Å². The maximum Gasteiger partial charge on any atom is 0.115 e. The second-order valence-corrected chi connectivity index (χ2v) is 3.87. The molecule has 14 heavy (non-hydrogen) atoms. The van der Waals surface area contributed by atoms with E-state index >= 15 is 0 Å². The van der Waals surface area contributed by atoms with Gasteiger partial charge in [-0.25, -0.2) is 0 Å². The van der Waals surface area contributed by atoms with Gasteiger partial charge in [0.05, 0.1) is 0 Å². The summed E-state index contributed by atoms with van der Waals surface area (Å²) >= 11 is 0. The Kier molecular flexibility index (Phi) is 3.96. The molecule has 0 bridgehead atoms. The Balaban J connectivity index is 2.74. The number of aromatic hydroxyl groups is 1. The standard InChI is InChI=1S/C12H19NO/c1-9(4-3-7-13)12-6-5-11(14)8-10(12)2/h5-6,8-9,14H,3-4,7,13H2,1-2H3. The molecular formula is C12H19NO. The van der Waals surface area contributed by atoms with Crippen molar-refractivity contribution in [3.05, 3.63) is 29.3 Å². The highest BCUT2D eigenvalue weighted by molar-refractivity contribution is 5.35. The fourth-order valence-electron chi connectivity index (χ4n) is 1.79. The van der Waals surface area contributed by atoms with Crippen molar-refractivity contribution in [3.8, 4) is 5.75 Å². The lowest BCUT2D eigenvalue weighted by atomic mass is 9.92. The fourth-order valence-corrected chi connectivity index (χ4v) is 1.79. The number of phenolic OH excluding ortho intramolecular Hbond substituents is 1. The second-order valence-electron chi connectivity index (χ2n) is 3.87. The number of benzene rings is 1. The Bertz CT molecular complexity index is 296. The highest BCUT2D eigenvalue weighted by Gasteiger charge is 2.07. The van der Waals surface area contributed by atoms with Gasteiger partial charge in [0.25, 0.3) is 0 Å². The normalized spacial score (nSPS) is 12.8. The molecule has 0 radical (unpaired) electrons. The predicted octanol–water partition coefficient (Wildman–Crippen LogP) is 2.54. The van der Waals surface area contributed by atoms with Crippen molar-refractivity contribution in [1.82, 2.24) is 0 Å². The molecule has 0 aliphatic carbocycles. The third-order valence-corrected chi connectivity index (χ3v) is 2.63. The number of hydrogen-bond donors (Lipinski definition) is 2. The van der Waals surface area contributed by atoms with Gasteiger partial charge in [0, 0.05) is 0 Å². The van der Waals surface area contributed by atoms with Gasteiger partial charge in [-0.1, -0.05) is 13.0 Å². The van der Waals surface area contributed by atoms with Crippen molar-refractivity contribution in [1.29, 1.82) is 0 Å². The summed E-state index contributed by atoms with van der Waals surface area (Å²) in [5.41, 5.74) is 7.95. The predicted molar refractivity (Wildman–Crippen MR) is 59.5 cm³/mol. The number of rotatable bonds is 4. The molecule has 0 spiro atoms. The largest absolute Gasteiger partial charge is 0.508 e. The molecule has 0 aliphatic rings. The molecule has 1 unspecified atom stereocenters. The molecular weight excluding hydrogens is 174 g/mol. The van der Waals surface area contributed by atoms with Gasteiger partial charge in [-0.15, -0.1) is 0 Å². The zero-order chi connectivity index (χ0) is 10.6. The summed E-state index contributed by atoms with van der Waals surface area (Å²) in [5, 5.41) is 9.28. The summed E-state index contributed by atoms with van der Waals surface area (Å²) in [6.07, 6.45) is 2.17. The molecule has 1 atom stereocenters. The number of nitrogens with two attached hydrogens (primary N) is 1. The topological polar surface area (TPSA) is 46.2 Å². The van der Waals surface area contributed by atoms with Crippen LogP contribution in [0.15, 0.2) is 18.2 Å². The molecule has 2 heteroatoms. The molecule has 0 fully saturated rings. The Morgan fingerprint density at radius 1 is 1.43 bits per heavy atom. The summed E-state index contributed by atoms with van der Waals surface area (Å²) in [6, 6.07) is 5.57. The first-order valence-corrected chi connectivity index (χ1v) is 5.14. The summed E-state index contributed by atoms with van der Waals surface area (Å²) in [5.74, 6) is 0.872.